The van der Waals surface area contributed by atoms with Crippen LogP contribution in [0.3, 0.4) is 0 Å². The standard InChI is InChI=1S/C3H5NO2S/c1-2(7)3(5)4-6/h2,7H,1H3. The molecule has 0 N–H and O–H groups in total. The lowest BCUT2D eigenvalue weighted by molar-refractivity contribution is -0.117. The van der Waals surface area contributed by atoms with Gasteiger partial charge in [0.1, 0.15) is 0 Å². The van der Waals surface area contributed by atoms with E-state index in [1.54, 1.807) is 0 Å². The first-order valence-corrected chi connectivity index (χ1v) is 2.25. The minimum Gasteiger partial charge on any atom is -0.268 e. The van der Waals surface area contributed by atoms with E-state index in [1.807, 2.05) is 0 Å². The highest BCUT2D eigenvalue weighted by Crippen LogP contribution is 1.93. The van der Waals surface area contributed by atoms with Gasteiger partial charge in [0, 0.05) is 5.18 Å². The van der Waals surface area contributed by atoms with Crippen molar-refractivity contribution in [3.63, 3.8) is 0 Å². The fraction of sp³-hybridized carbons (Fsp3) is 0.667. The van der Waals surface area contributed by atoms with Crippen molar-refractivity contribution in [2.45, 2.75) is 12.2 Å². The molecule has 1 atom stereocenters. The molecule has 0 heterocycles. The number of thiol groups is 1. The molecule has 0 saturated heterocycles. The normalized spacial score (nSPS) is 12.9. The second kappa shape index (κ2) is 2.74. The van der Waals surface area contributed by atoms with E-state index in [0.29, 0.717) is 0 Å². The molecule has 0 aromatic heterocycles. The van der Waals surface area contributed by atoms with Crippen LogP contribution in [0.25, 0.3) is 0 Å². The number of carbonyl (C=O) groups is 1. The Morgan fingerprint density at radius 2 is 2.29 bits per heavy atom. The molecule has 1 amide bonds. The van der Waals surface area contributed by atoms with Gasteiger partial charge in [0.15, 0.2) is 0 Å². The Hall–Kier alpha value is -0.380. The van der Waals surface area contributed by atoms with Gasteiger partial charge in [-0.2, -0.15) is 12.6 Å². The van der Waals surface area contributed by atoms with Gasteiger partial charge in [0.2, 0.25) is 0 Å². The van der Waals surface area contributed by atoms with Crippen molar-refractivity contribution in [3.05, 3.63) is 4.91 Å². The third-order valence-electron chi connectivity index (χ3n) is 0.447. The summed E-state index contributed by atoms with van der Waals surface area (Å²) in [7, 11) is 0. The molecule has 7 heavy (non-hydrogen) atoms. The van der Waals surface area contributed by atoms with Gasteiger partial charge >= 0.3 is 0 Å². The van der Waals surface area contributed by atoms with Crippen molar-refractivity contribution in [2.24, 2.45) is 5.18 Å². The van der Waals surface area contributed by atoms with Crippen LogP contribution in [0.4, 0.5) is 0 Å². The Labute approximate surface area is 46.5 Å². The summed E-state index contributed by atoms with van der Waals surface area (Å²) in [6.07, 6.45) is 0. The number of nitrogens with zero attached hydrogens (tertiary/aromatic N) is 1. The minimum atomic E-state index is -0.719. The highest BCUT2D eigenvalue weighted by atomic mass is 32.1. The van der Waals surface area contributed by atoms with Gasteiger partial charge in [-0.05, 0) is 6.92 Å². The van der Waals surface area contributed by atoms with Gasteiger partial charge in [-0.1, -0.05) is 0 Å². The SMILES string of the molecule is CC(S)C(=O)N=O. The first-order chi connectivity index (χ1) is 3.18. The molecule has 0 aliphatic carbocycles. The highest BCUT2D eigenvalue weighted by Gasteiger charge is 2.04. The quantitative estimate of drug-likeness (QED) is 0.405. The molecule has 0 rings (SSSR count). The highest BCUT2D eigenvalue weighted by molar-refractivity contribution is 7.81. The topological polar surface area (TPSA) is 46.5 Å². The van der Waals surface area contributed by atoms with Gasteiger partial charge in [-0.3, -0.25) is 4.79 Å². The summed E-state index contributed by atoms with van der Waals surface area (Å²) in [4.78, 5) is 19.3. The van der Waals surface area contributed by atoms with Gasteiger partial charge in [0.25, 0.3) is 5.91 Å². The third-order valence-corrected chi connectivity index (χ3v) is 0.668. The predicted molar refractivity (Wildman–Crippen MR) is 29.2 cm³/mol. The van der Waals surface area contributed by atoms with Crippen molar-refractivity contribution in [2.75, 3.05) is 0 Å². The largest absolute Gasteiger partial charge is 0.298 e. The summed E-state index contributed by atoms with van der Waals surface area (Å²) in [5.41, 5.74) is 0. The number of nitroso groups, excluding NO2 is 1. The van der Waals surface area contributed by atoms with E-state index in [4.69, 9.17) is 0 Å². The molecule has 0 radical (unpaired) electrons. The summed E-state index contributed by atoms with van der Waals surface area (Å²) in [5, 5.41) is 1.56. The van der Waals surface area contributed by atoms with Crippen molar-refractivity contribution >= 4 is 18.5 Å². The summed E-state index contributed by atoms with van der Waals surface area (Å²) in [6.45, 7) is 1.49. The second-order valence-electron chi connectivity index (χ2n) is 1.11. The fourth-order valence-corrected chi connectivity index (χ4v) is 0.123. The molecule has 0 aliphatic heterocycles. The average Bonchev–Trinajstić information content (AvgIpc) is 1.65. The fourth-order valence-electron chi connectivity index (χ4n) is 0.0763. The molecular formula is C3H5NO2S. The summed E-state index contributed by atoms with van der Waals surface area (Å²) in [5.74, 6) is -0.719. The molecule has 0 aromatic carbocycles. The molecule has 3 nitrogen and oxygen atoms in total. The minimum absolute atomic E-state index is 0.558. The molecule has 0 aromatic rings. The smallest absolute Gasteiger partial charge is 0.268 e. The van der Waals surface area contributed by atoms with Crippen LogP contribution in [0.15, 0.2) is 5.18 Å². The first kappa shape index (κ1) is 6.62. The molecule has 0 fully saturated rings. The Morgan fingerprint density at radius 3 is 2.29 bits per heavy atom. The van der Waals surface area contributed by atoms with Crippen molar-refractivity contribution < 1.29 is 4.79 Å². The van der Waals surface area contributed by atoms with E-state index in [0.717, 1.165) is 0 Å². The lowest BCUT2D eigenvalue weighted by Crippen LogP contribution is -2.04. The van der Waals surface area contributed by atoms with E-state index in [2.05, 4.69) is 17.8 Å². The van der Waals surface area contributed by atoms with E-state index < -0.39 is 11.2 Å². The van der Waals surface area contributed by atoms with Gasteiger partial charge in [-0.15, -0.1) is 4.91 Å². The van der Waals surface area contributed by atoms with Gasteiger partial charge in [0.05, 0.1) is 5.25 Å². The molecule has 0 bridgehead atoms. The maximum atomic E-state index is 9.96. The van der Waals surface area contributed by atoms with Crippen molar-refractivity contribution in [1.29, 1.82) is 0 Å². The maximum absolute atomic E-state index is 9.96. The van der Waals surface area contributed by atoms with Crippen LogP contribution in [0.1, 0.15) is 6.92 Å². The summed E-state index contributed by atoms with van der Waals surface area (Å²) in [6, 6.07) is 0. The van der Waals surface area contributed by atoms with Gasteiger partial charge in [-0.25, -0.2) is 0 Å². The van der Waals surface area contributed by atoms with Crippen LogP contribution < -0.4 is 0 Å². The van der Waals surface area contributed by atoms with Crippen molar-refractivity contribution in [1.82, 2.24) is 0 Å². The molecule has 0 saturated carbocycles. The van der Waals surface area contributed by atoms with E-state index in [9.17, 15) is 9.70 Å². The molecular weight excluding hydrogens is 114 g/mol. The lowest BCUT2D eigenvalue weighted by atomic mass is 10.5. The number of hydrogen-bond acceptors (Lipinski definition) is 3. The predicted octanol–water partition coefficient (Wildman–Crippen LogP) is 0.598. The Balaban J connectivity index is 3.56. The maximum Gasteiger partial charge on any atom is 0.298 e. The number of rotatable bonds is 1. The monoisotopic (exact) mass is 119 g/mol. The average molecular weight is 119 g/mol. The molecule has 0 aliphatic rings. The van der Waals surface area contributed by atoms with E-state index >= 15 is 0 Å². The van der Waals surface area contributed by atoms with E-state index in [1.165, 1.54) is 6.92 Å². The Kier molecular flexibility index (Phi) is 2.59. The number of carbonyl (C=O) groups excluding carboxylic acids is 1. The zero-order valence-electron chi connectivity index (χ0n) is 3.79. The van der Waals surface area contributed by atoms with Crippen LogP contribution in [0.2, 0.25) is 0 Å². The van der Waals surface area contributed by atoms with Crippen LogP contribution >= 0.6 is 12.6 Å². The van der Waals surface area contributed by atoms with E-state index in [-0.39, 0.29) is 0 Å². The van der Waals surface area contributed by atoms with Crippen LogP contribution in [-0.2, 0) is 4.79 Å². The summed E-state index contributed by atoms with van der Waals surface area (Å²) >= 11 is 3.63. The molecule has 40 valence electrons. The first-order valence-electron chi connectivity index (χ1n) is 1.73. The lowest BCUT2D eigenvalue weighted by Gasteiger charge is -1.87. The Bertz CT molecular complexity index is 90.9. The third kappa shape index (κ3) is 2.33. The van der Waals surface area contributed by atoms with Crippen LogP contribution in [-0.4, -0.2) is 11.2 Å². The molecule has 1 unspecified atom stereocenters. The van der Waals surface area contributed by atoms with Gasteiger partial charge < -0.3 is 0 Å². The Morgan fingerprint density at radius 1 is 1.86 bits per heavy atom. The van der Waals surface area contributed by atoms with Crippen molar-refractivity contribution in [3.8, 4) is 0 Å². The summed E-state index contributed by atoms with van der Waals surface area (Å²) < 4.78 is 0. The second-order valence-corrected chi connectivity index (χ2v) is 1.88. The van der Waals surface area contributed by atoms with Crippen LogP contribution in [0, 0.1) is 4.91 Å². The molecule has 4 heteroatoms. The zero-order valence-corrected chi connectivity index (χ0v) is 4.68. The number of amides is 1. The van der Waals surface area contributed by atoms with Crippen LogP contribution in [0.5, 0.6) is 0 Å². The zero-order chi connectivity index (χ0) is 5.86. The molecule has 0 spiro atoms. The number of hydrogen-bond donors (Lipinski definition) is 1.